The van der Waals surface area contributed by atoms with Gasteiger partial charge in [0.05, 0.1) is 14.2 Å². The van der Waals surface area contributed by atoms with Crippen LogP contribution in [0.25, 0.3) is 0 Å². The molecule has 27 heavy (non-hydrogen) atoms. The van der Waals surface area contributed by atoms with E-state index >= 15 is 0 Å². The fourth-order valence-corrected chi connectivity index (χ4v) is 3.60. The van der Waals surface area contributed by atoms with Gasteiger partial charge in [-0.25, -0.2) is 0 Å². The number of carbonyl (C=O) groups excluding carboxylic acids is 2. The average Bonchev–Trinajstić information content (AvgIpc) is 2.97. The first kappa shape index (κ1) is 18.8. The molecule has 1 aromatic carbocycles. The number of nitrogens with two attached hydrogens (primary N) is 1. The molecule has 144 valence electrons. The molecule has 1 unspecified atom stereocenters. The summed E-state index contributed by atoms with van der Waals surface area (Å²) in [6.07, 6.45) is 0.362. The van der Waals surface area contributed by atoms with Crippen molar-refractivity contribution in [2.75, 3.05) is 14.2 Å². The number of fused-ring (bicyclic) bond motifs is 1. The molecule has 2 N–H and O–H groups in total. The molecular weight excluding hydrogens is 346 g/mol. The van der Waals surface area contributed by atoms with E-state index in [-0.39, 0.29) is 12.5 Å². The Kier molecular flexibility index (Phi) is 5.12. The molecule has 7 heteroatoms. The molecule has 2 aromatic rings. The maximum Gasteiger partial charge on any atom is 0.243 e. The van der Waals surface area contributed by atoms with Gasteiger partial charge in [-0.15, -0.1) is 0 Å². The van der Waals surface area contributed by atoms with Crippen molar-refractivity contribution in [2.45, 2.75) is 39.4 Å². The van der Waals surface area contributed by atoms with Crippen molar-refractivity contribution in [3.63, 3.8) is 0 Å². The van der Waals surface area contributed by atoms with E-state index in [0.29, 0.717) is 24.5 Å². The molecule has 0 radical (unpaired) electrons. The normalized spacial score (nSPS) is 16.0. The van der Waals surface area contributed by atoms with E-state index in [2.05, 4.69) is 0 Å². The molecule has 1 aliphatic rings. The summed E-state index contributed by atoms with van der Waals surface area (Å²) in [7, 11) is 3.13. The second-order valence-electron chi connectivity index (χ2n) is 6.82. The van der Waals surface area contributed by atoms with Crippen LogP contribution in [0.3, 0.4) is 0 Å². The van der Waals surface area contributed by atoms with Crippen molar-refractivity contribution in [1.82, 2.24) is 9.47 Å². The summed E-state index contributed by atoms with van der Waals surface area (Å²) in [5.74, 6) is 0.544. The summed E-state index contributed by atoms with van der Waals surface area (Å²) >= 11 is 0. The van der Waals surface area contributed by atoms with E-state index in [1.165, 1.54) is 0 Å². The number of hydrogen-bond acceptors (Lipinski definition) is 4. The number of methoxy groups -OCH3 is 2. The quantitative estimate of drug-likeness (QED) is 0.864. The highest BCUT2D eigenvalue weighted by molar-refractivity contribution is 5.87. The Morgan fingerprint density at radius 3 is 2.15 bits per heavy atom. The van der Waals surface area contributed by atoms with Crippen LogP contribution in [0.15, 0.2) is 24.3 Å². The van der Waals surface area contributed by atoms with E-state index in [0.717, 1.165) is 22.5 Å². The van der Waals surface area contributed by atoms with Gasteiger partial charge in [0.15, 0.2) is 11.5 Å². The van der Waals surface area contributed by atoms with Crippen LogP contribution in [0, 0.1) is 13.8 Å². The van der Waals surface area contributed by atoms with Crippen LogP contribution < -0.4 is 15.2 Å². The highest BCUT2D eigenvalue weighted by Crippen LogP contribution is 2.34. The molecule has 7 nitrogen and oxygen atoms in total. The highest BCUT2D eigenvalue weighted by Gasteiger charge is 2.34. The third-order valence-corrected chi connectivity index (χ3v) is 5.20. The van der Waals surface area contributed by atoms with E-state index in [1.54, 1.807) is 19.1 Å². The first-order valence-corrected chi connectivity index (χ1v) is 8.81. The highest BCUT2D eigenvalue weighted by atomic mass is 16.5. The summed E-state index contributed by atoms with van der Waals surface area (Å²) < 4.78 is 12.6. The fourth-order valence-electron chi connectivity index (χ4n) is 3.60. The van der Waals surface area contributed by atoms with Crippen molar-refractivity contribution in [2.24, 2.45) is 5.73 Å². The van der Waals surface area contributed by atoms with Crippen LogP contribution in [-0.4, -0.2) is 41.5 Å². The molecule has 0 aliphatic carbocycles. The van der Waals surface area contributed by atoms with Gasteiger partial charge in [-0.2, -0.15) is 0 Å². The zero-order valence-corrected chi connectivity index (χ0v) is 16.1. The number of ether oxygens (including phenoxy) is 2. The summed E-state index contributed by atoms with van der Waals surface area (Å²) in [6.45, 7) is 4.39. The van der Waals surface area contributed by atoms with Gasteiger partial charge in [-0.3, -0.25) is 9.59 Å². The van der Waals surface area contributed by atoms with E-state index in [1.807, 2.05) is 42.7 Å². The zero-order valence-electron chi connectivity index (χ0n) is 16.1. The van der Waals surface area contributed by atoms with Crippen LogP contribution in [0.5, 0.6) is 11.5 Å². The number of hydrogen-bond donors (Lipinski definition) is 1. The monoisotopic (exact) mass is 371 g/mol. The third-order valence-electron chi connectivity index (χ3n) is 5.20. The summed E-state index contributed by atoms with van der Waals surface area (Å²) in [5, 5.41) is 0. The minimum Gasteiger partial charge on any atom is -0.493 e. The maximum absolute atomic E-state index is 13.0. The standard InChI is InChI=1S/C20H25N3O4/c1-12-5-6-13(2)22(12)11-19(24)23-10-15-9-18(27-4)17(26-3)8-14(15)7-16(23)20(21)25/h5-6,8-9,16H,7,10-11H2,1-4H3,(H2,21,25). The Morgan fingerprint density at radius 2 is 1.63 bits per heavy atom. The zero-order chi connectivity index (χ0) is 19.7. The van der Waals surface area contributed by atoms with E-state index in [4.69, 9.17) is 15.2 Å². The number of primary amides is 1. The van der Waals surface area contributed by atoms with Crippen LogP contribution in [0.1, 0.15) is 22.5 Å². The first-order valence-electron chi connectivity index (χ1n) is 8.81. The molecule has 1 atom stereocenters. The molecule has 0 spiro atoms. The minimum atomic E-state index is -0.681. The lowest BCUT2D eigenvalue weighted by Gasteiger charge is -2.35. The Labute approximate surface area is 158 Å². The Bertz CT molecular complexity index is 868. The van der Waals surface area contributed by atoms with E-state index in [9.17, 15) is 9.59 Å². The first-order chi connectivity index (χ1) is 12.8. The van der Waals surface area contributed by atoms with Crippen LogP contribution in [0.2, 0.25) is 0 Å². The molecule has 0 saturated carbocycles. The SMILES string of the molecule is COc1cc2c(cc1OC)CN(C(=O)Cn1c(C)ccc1C)C(C(N)=O)C2. The third kappa shape index (κ3) is 3.49. The molecular formula is C20H25N3O4. The largest absolute Gasteiger partial charge is 0.493 e. The fraction of sp³-hybridized carbons (Fsp3) is 0.400. The van der Waals surface area contributed by atoms with Crippen molar-refractivity contribution >= 4 is 11.8 Å². The van der Waals surface area contributed by atoms with Crippen molar-refractivity contribution < 1.29 is 19.1 Å². The number of benzene rings is 1. The van der Waals surface area contributed by atoms with Gasteiger partial charge >= 0.3 is 0 Å². The average molecular weight is 371 g/mol. The number of rotatable bonds is 5. The van der Waals surface area contributed by atoms with Gasteiger partial charge in [-0.1, -0.05) is 0 Å². The molecule has 2 amide bonds. The van der Waals surface area contributed by atoms with Gasteiger partial charge in [0.1, 0.15) is 12.6 Å². The molecule has 0 saturated heterocycles. The predicted octanol–water partition coefficient (Wildman–Crippen LogP) is 1.56. The lowest BCUT2D eigenvalue weighted by Crippen LogP contribution is -2.52. The molecule has 0 bridgehead atoms. The van der Waals surface area contributed by atoms with Gasteiger partial charge in [-0.05, 0) is 49.2 Å². The summed E-state index contributed by atoms with van der Waals surface area (Å²) in [6, 6.07) is 6.97. The number of amides is 2. The van der Waals surface area contributed by atoms with Crippen molar-refractivity contribution in [3.05, 3.63) is 46.8 Å². The summed E-state index contributed by atoms with van der Waals surface area (Å²) in [5.41, 5.74) is 9.49. The molecule has 1 aromatic heterocycles. The topological polar surface area (TPSA) is 86.8 Å². The van der Waals surface area contributed by atoms with Crippen LogP contribution >= 0.6 is 0 Å². The van der Waals surface area contributed by atoms with Gasteiger partial charge < -0.3 is 24.7 Å². The number of aryl methyl sites for hydroxylation is 2. The Morgan fingerprint density at radius 1 is 1.07 bits per heavy atom. The van der Waals surface area contributed by atoms with Gasteiger partial charge in [0, 0.05) is 24.4 Å². The van der Waals surface area contributed by atoms with Crippen LogP contribution in [0.4, 0.5) is 0 Å². The second-order valence-corrected chi connectivity index (χ2v) is 6.82. The summed E-state index contributed by atoms with van der Waals surface area (Å²) in [4.78, 5) is 26.6. The Balaban J connectivity index is 1.93. The molecule has 2 heterocycles. The maximum atomic E-state index is 13.0. The van der Waals surface area contributed by atoms with Crippen molar-refractivity contribution in [3.8, 4) is 11.5 Å². The molecule has 0 fully saturated rings. The second kappa shape index (κ2) is 7.34. The number of aromatic nitrogens is 1. The van der Waals surface area contributed by atoms with Crippen molar-refractivity contribution in [1.29, 1.82) is 0 Å². The lowest BCUT2D eigenvalue weighted by atomic mass is 9.92. The minimum absolute atomic E-state index is 0.137. The smallest absolute Gasteiger partial charge is 0.243 e. The molecule has 1 aliphatic heterocycles. The van der Waals surface area contributed by atoms with E-state index < -0.39 is 11.9 Å². The lowest BCUT2D eigenvalue weighted by molar-refractivity contribution is -0.141. The van der Waals surface area contributed by atoms with Gasteiger partial charge in [0.2, 0.25) is 11.8 Å². The number of carbonyl (C=O) groups is 2. The number of nitrogens with zero attached hydrogens (tertiary/aromatic N) is 2. The predicted molar refractivity (Wildman–Crippen MR) is 101 cm³/mol. The van der Waals surface area contributed by atoms with Gasteiger partial charge in [0.25, 0.3) is 0 Å². The van der Waals surface area contributed by atoms with Crippen LogP contribution in [-0.2, 0) is 29.1 Å². The Hall–Kier alpha value is -2.96. The molecule has 3 rings (SSSR count).